The summed E-state index contributed by atoms with van der Waals surface area (Å²) in [5, 5.41) is 5.80. The maximum absolute atomic E-state index is 12.0. The first-order valence-electron chi connectivity index (χ1n) is 5.62. The van der Waals surface area contributed by atoms with E-state index in [4.69, 9.17) is 4.74 Å². The molecule has 102 valence electrons. The Hall–Kier alpha value is -0.920. The van der Waals surface area contributed by atoms with Crippen LogP contribution in [0.4, 0.5) is 5.69 Å². The topological polar surface area (TPSA) is 67.4 Å². The van der Waals surface area contributed by atoms with Crippen LogP contribution in [0.25, 0.3) is 0 Å². The Morgan fingerprint density at radius 3 is 2.58 bits per heavy atom. The van der Waals surface area contributed by atoms with Gasteiger partial charge in [0.1, 0.15) is 0 Å². The monoisotopic (exact) mass is 390 g/mol. The molecule has 1 amide bonds. The predicted octanol–water partition coefficient (Wildman–Crippen LogP) is 2.16. The number of anilines is 1. The van der Waals surface area contributed by atoms with Gasteiger partial charge in [-0.25, -0.2) is 4.79 Å². The van der Waals surface area contributed by atoms with E-state index in [2.05, 4.69) is 42.5 Å². The van der Waals surface area contributed by atoms with Gasteiger partial charge < -0.3 is 15.4 Å². The van der Waals surface area contributed by atoms with Crippen molar-refractivity contribution in [2.75, 3.05) is 25.5 Å². The Labute approximate surface area is 127 Å². The highest BCUT2D eigenvalue weighted by molar-refractivity contribution is 9.11. The molecule has 1 saturated heterocycles. The normalized spacial score (nSPS) is 14.7. The first-order valence-corrected chi connectivity index (χ1v) is 7.20. The number of ether oxygens (including phenoxy) is 1. The van der Waals surface area contributed by atoms with Gasteiger partial charge in [-0.3, -0.25) is 4.79 Å². The van der Waals surface area contributed by atoms with Gasteiger partial charge in [-0.15, -0.1) is 0 Å². The molecule has 19 heavy (non-hydrogen) atoms. The fourth-order valence-electron chi connectivity index (χ4n) is 1.67. The second-order valence-electron chi connectivity index (χ2n) is 4.15. The van der Waals surface area contributed by atoms with Gasteiger partial charge >= 0.3 is 5.97 Å². The van der Waals surface area contributed by atoms with E-state index in [-0.39, 0.29) is 11.8 Å². The fraction of sp³-hybridized carbons (Fsp3) is 0.333. The highest BCUT2D eigenvalue weighted by Crippen LogP contribution is 2.31. The second-order valence-corrected chi connectivity index (χ2v) is 5.92. The van der Waals surface area contributed by atoms with Gasteiger partial charge in [0.05, 0.1) is 24.3 Å². The van der Waals surface area contributed by atoms with E-state index in [1.165, 1.54) is 7.11 Å². The minimum absolute atomic E-state index is 0.0546. The lowest BCUT2D eigenvalue weighted by Crippen LogP contribution is -2.48. The van der Waals surface area contributed by atoms with Crippen LogP contribution in [-0.2, 0) is 9.53 Å². The van der Waals surface area contributed by atoms with Crippen molar-refractivity contribution in [2.24, 2.45) is 5.92 Å². The average molecular weight is 392 g/mol. The van der Waals surface area contributed by atoms with Crippen LogP contribution in [0, 0.1) is 5.92 Å². The van der Waals surface area contributed by atoms with Crippen molar-refractivity contribution in [1.82, 2.24) is 5.32 Å². The van der Waals surface area contributed by atoms with E-state index in [0.29, 0.717) is 28.8 Å². The molecule has 2 rings (SSSR count). The molecule has 0 aliphatic carbocycles. The summed E-state index contributed by atoms with van der Waals surface area (Å²) in [4.78, 5) is 23.7. The molecule has 0 atom stereocenters. The van der Waals surface area contributed by atoms with Crippen LogP contribution in [0.3, 0.4) is 0 Å². The van der Waals surface area contributed by atoms with Crippen LogP contribution in [0.1, 0.15) is 10.4 Å². The van der Waals surface area contributed by atoms with Gasteiger partial charge in [-0.1, -0.05) is 15.9 Å². The molecular formula is C12H12Br2N2O3. The number of rotatable bonds is 3. The molecule has 0 saturated carbocycles. The Morgan fingerprint density at radius 1 is 1.37 bits per heavy atom. The molecular weight excluding hydrogens is 380 g/mol. The Bertz CT molecular complexity index is 530. The highest BCUT2D eigenvalue weighted by Gasteiger charge is 2.27. The zero-order chi connectivity index (χ0) is 14.0. The minimum Gasteiger partial charge on any atom is -0.465 e. The zero-order valence-electron chi connectivity index (χ0n) is 10.1. The van der Waals surface area contributed by atoms with Crippen molar-refractivity contribution < 1.29 is 14.3 Å². The van der Waals surface area contributed by atoms with E-state index < -0.39 is 5.97 Å². The minimum atomic E-state index is -0.496. The summed E-state index contributed by atoms with van der Waals surface area (Å²) in [5.74, 6) is -0.656. The molecule has 1 aromatic rings. The fourth-order valence-corrected chi connectivity index (χ4v) is 3.00. The number of carbonyl (C=O) groups is 2. The summed E-state index contributed by atoms with van der Waals surface area (Å²) in [6.07, 6.45) is 0. The number of halogens is 2. The lowest BCUT2D eigenvalue weighted by molar-refractivity contribution is -0.121. The number of amides is 1. The van der Waals surface area contributed by atoms with Gasteiger partial charge in [0.25, 0.3) is 0 Å². The molecule has 7 heteroatoms. The van der Waals surface area contributed by atoms with Crippen LogP contribution >= 0.6 is 31.9 Å². The van der Waals surface area contributed by atoms with E-state index in [1.807, 2.05) is 0 Å². The number of hydrogen-bond acceptors (Lipinski definition) is 4. The van der Waals surface area contributed by atoms with Crippen LogP contribution in [0.2, 0.25) is 0 Å². The summed E-state index contributed by atoms with van der Waals surface area (Å²) in [6, 6.07) is 3.38. The smallest absolute Gasteiger partial charge is 0.340 e. The standard InChI is InChI=1S/C12H12Br2N2O3/c1-19-12(18)8-2-7(13)3-9(14)10(8)16-11(17)6-4-15-5-6/h2-3,6,15H,4-5H2,1H3,(H,16,17). The van der Waals surface area contributed by atoms with Crippen molar-refractivity contribution in [3.8, 4) is 0 Å². The van der Waals surface area contributed by atoms with Crippen LogP contribution in [-0.4, -0.2) is 32.1 Å². The SMILES string of the molecule is COC(=O)c1cc(Br)cc(Br)c1NC(=O)C1CNC1. The van der Waals surface area contributed by atoms with Gasteiger partial charge in [-0.2, -0.15) is 0 Å². The van der Waals surface area contributed by atoms with Gasteiger partial charge in [-0.05, 0) is 28.1 Å². The number of carbonyl (C=O) groups excluding carboxylic acids is 2. The first kappa shape index (κ1) is 14.5. The maximum atomic E-state index is 12.0. The Kier molecular flexibility index (Phi) is 4.59. The number of esters is 1. The molecule has 1 aliphatic heterocycles. The van der Waals surface area contributed by atoms with Crippen LogP contribution in [0.15, 0.2) is 21.1 Å². The molecule has 0 bridgehead atoms. The molecule has 0 aromatic heterocycles. The van der Waals surface area contributed by atoms with Crippen molar-refractivity contribution in [2.45, 2.75) is 0 Å². The highest BCUT2D eigenvalue weighted by atomic mass is 79.9. The lowest BCUT2D eigenvalue weighted by atomic mass is 10.0. The van der Waals surface area contributed by atoms with E-state index >= 15 is 0 Å². The predicted molar refractivity (Wildman–Crippen MR) is 78.2 cm³/mol. The van der Waals surface area contributed by atoms with Crippen LogP contribution in [0.5, 0.6) is 0 Å². The third kappa shape index (κ3) is 3.16. The number of benzene rings is 1. The average Bonchev–Trinajstić information content (AvgIpc) is 2.29. The summed E-state index contributed by atoms with van der Waals surface area (Å²) >= 11 is 6.65. The number of methoxy groups -OCH3 is 1. The molecule has 0 spiro atoms. The summed E-state index contributed by atoms with van der Waals surface area (Å²) in [5.41, 5.74) is 0.747. The van der Waals surface area contributed by atoms with Crippen molar-refractivity contribution in [3.63, 3.8) is 0 Å². The van der Waals surface area contributed by atoms with Crippen molar-refractivity contribution in [3.05, 3.63) is 26.6 Å². The Balaban J connectivity index is 2.31. The quantitative estimate of drug-likeness (QED) is 0.775. The molecule has 0 radical (unpaired) electrons. The van der Waals surface area contributed by atoms with E-state index in [1.54, 1.807) is 12.1 Å². The third-order valence-corrected chi connectivity index (χ3v) is 3.94. The largest absolute Gasteiger partial charge is 0.465 e. The Morgan fingerprint density at radius 2 is 2.05 bits per heavy atom. The summed E-state index contributed by atoms with van der Waals surface area (Å²) < 4.78 is 6.08. The lowest BCUT2D eigenvalue weighted by Gasteiger charge is -2.26. The second kappa shape index (κ2) is 6.02. The molecule has 1 fully saturated rings. The summed E-state index contributed by atoms with van der Waals surface area (Å²) in [6.45, 7) is 1.32. The third-order valence-electron chi connectivity index (χ3n) is 2.86. The summed E-state index contributed by atoms with van der Waals surface area (Å²) in [7, 11) is 1.30. The first-order chi connectivity index (χ1) is 9.02. The molecule has 2 N–H and O–H groups in total. The van der Waals surface area contributed by atoms with E-state index in [0.717, 1.165) is 4.47 Å². The van der Waals surface area contributed by atoms with Gasteiger partial charge in [0, 0.05) is 22.0 Å². The molecule has 1 aliphatic rings. The number of hydrogen-bond donors (Lipinski definition) is 2. The van der Waals surface area contributed by atoms with Crippen molar-refractivity contribution in [1.29, 1.82) is 0 Å². The zero-order valence-corrected chi connectivity index (χ0v) is 13.3. The van der Waals surface area contributed by atoms with Gasteiger partial charge in [0.15, 0.2) is 0 Å². The van der Waals surface area contributed by atoms with Gasteiger partial charge in [0.2, 0.25) is 5.91 Å². The van der Waals surface area contributed by atoms with Crippen molar-refractivity contribution >= 4 is 49.4 Å². The van der Waals surface area contributed by atoms with Crippen LogP contribution < -0.4 is 10.6 Å². The van der Waals surface area contributed by atoms with E-state index in [9.17, 15) is 9.59 Å². The molecule has 1 aromatic carbocycles. The number of nitrogens with one attached hydrogen (secondary N) is 2. The molecule has 1 heterocycles. The maximum Gasteiger partial charge on any atom is 0.340 e. The molecule has 5 nitrogen and oxygen atoms in total. The molecule has 0 unspecified atom stereocenters.